The van der Waals surface area contributed by atoms with E-state index in [2.05, 4.69) is 4.90 Å². The van der Waals surface area contributed by atoms with Gasteiger partial charge >= 0.3 is 0 Å². The van der Waals surface area contributed by atoms with Crippen molar-refractivity contribution in [2.75, 3.05) is 45.9 Å². The number of morpholine rings is 1. The van der Waals surface area contributed by atoms with E-state index in [0.717, 1.165) is 23.9 Å². The summed E-state index contributed by atoms with van der Waals surface area (Å²) in [5.74, 6) is 0. The highest BCUT2D eigenvalue weighted by Gasteiger charge is 2.25. The predicted molar refractivity (Wildman–Crippen MR) is 107 cm³/mol. The van der Waals surface area contributed by atoms with Crippen molar-refractivity contribution in [3.05, 3.63) is 42.5 Å². The third-order valence-corrected chi connectivity index (χ3v) is 6.50. The molecular formula is C19H24ClN3O3S. The molecule has 6 nitrogen and oxygen atoms in total. The lowest BCUT2D eigenvalue weighted by Crippen LogP contribution is -2.43. The zero-order valence-electron chi connectivity index (χ0n) is 15.1. The van der Waals surface area contributed by atoms with Crippen molar-refractivity contribution in [2.45, 2.75) is 11.3 Å². The molecular weight excluding hydrogens is 386 g/mol. The summed E-state index contributed by atoms with van der Waals surface area (Å²) in [6.07, 6.45) is 0.177. The van der Waals surface area contributed by atoms with Gasteiger partial charge in [-0.3, -0.25) is 4.90 Å². The smallest absolute Gasteiger partial charge is 0.243 e. The molecule has 1 saturated heterocycles. The number of rotatable bonds is 7. The monoisotopic (exact) mass is 409 g/mol. The molecule has 146 valence electrons. The number of ether oxygens (including phenoxy) is 1. The lowest BCUT2D eigenvalue weighted by Gasteiger charge is -2.29. The van der Waals surface area contributed by atoms with E-state index in [4.69, 9.17) is 10.00 Å². The highest BCUT2D eigenvalue weighted by atomic mass is 35.5. The molecule has 0 unspecified atom stereocenters. The van der Waals surface area contributed by atoms with Crippen LogP contribution in [0.2, 0.25) is 0 Å². The summed E-state index contributed by atoms with van der Waals surface area (Å²) in [6, 6.07) is 14.9. The number of nitriles is 1. The molecule has 1 fully saturated rings. The van der Waals surface area contributed by atoms with Gasteiger partial charge in [0.05, 0.1) is 24.2 Å². The molecule has 1 aliphatic rings. The maximum atomic E-state index is 13.1. The van der Waals surface area contributed by atoms with Crippen LogP contribution in [-0.4, -0.2) is 63.6 Å². The minimum absolute atomic E-state index is 0. The Morgan fingerprint density at radius 3 is 2.48 bits per heavy atom. The highest BCUT2D eigenvalue weighted by Crippen LogP contribution is 2.22. The molecule has 2 aromatic carbocycles. The summed E-state index contributed by atoms with van der Waals surface area (Å²) >= 11 is 0. The first-order valence-electron chi connectivity index (χ1n) is 8.77. The van der Waals surface area contributed by atoms with Crippen LogP contribution in [0.1, 0.15) is 6.42 Å². The fraction of sp³-hybridized carbons (Fsp3) is 0.421. The SMILES string of the molecule is Cl.N#CCCN(CCN1CCOCC1)S(=O)(=O)c1ccc2ccccc2c1. The highest BCUT2D eigenvalue weighted by molar-refractivity contribution is 7.89. The predicted octanol–water partition coefficient (Wildman–Crippen LogP) is 2.50. The Balaban J connectivity index is 0.00000261. The Bertz CT molecular complexity index is 892. The second kappa shape index (κ2) is 10.0. The lowest BCUT2D eigenvalue weighted by molar-refractivity contribution is 0.0363. The van der Waals surface area contributed by atoms with Gasteiger partial charge in [-0.15, -0.1) is 12.4 Å². The minimum atomic E-state index is -3.64. The average Bonchev–Trinajstić information content (AvgIpc) is 2.68. The van der Waals surface area contributed by atoms with E-state index in [1.165, 1.54) is 4.31 Å². The summed E-state index contributed by atoms with van der Waals surface area (Å²) < 4.78 is 33.0. The Morgan fingerprint density at radius 1 is 1.07 bits per heavy atom. The maximum absolute atomic E-state index is 13.1. The van der Waals surface area contributed by atoms with Crippen LogP contribution in [0.15, 0.2) is 47.4 Å². The van der Waals surface area contributed by atoms with Gasteiger partial charge in [-0.05, 0) is 22.9 Å². The van der Waals surface area contributed by atoms with Crippen LogP contribution >= 0.6 is 12.4 Å². The zero-order chi connectivity index (χ0) is 18.4. The van der Waals surface area contributed by atoms with E-state index in [9.17, 15) is 8.42 Å². The van der Waals surface area contributed by atoms with Crippen LogP contribution in [0.4, 0.5) is 0 Å². The van der Waals surface area contributed by atoms with Gasteiger partial charge in [0, 0.05) is 39.1 Å². The summed E-state index contributed by atoms with van der Waals surface area (Å²) in [7, 11) is -3.64. The van der Waals surface area contributed by atoms with Crippen molar-refractivity contribution in [1.29, 1.82) is 5.26 Å². The molecule has 1 aliphatic heterocycles. The van der Waals surface area contributed by atoms with Crippen LogP contribution < -0.4 is 0 Å². The number of hydrogen-bond acceptors (Lipinski definition) is 5. The van der Waals surface area contributed by atoms with Crippen molar-refractivity contribution in [3.63, 3.8) is 0 Å². The molecule has 27 heavy (non-hydrogen) atoms. The van der Waals surface area contributed by atoms with Gasteiger partial charge in [-0.1, -0.05) is 30.3 Å². The molecule has 3 rings (SSSR count). The first-order chi connectivity index (χ1) is 12.6. The molecule has 0 aliphatic carbocycles. The zero-order valence-corrected chi connectivity index (χ0v) is 16.7. The van der Waals surface area contributed by atoms with Gasteiger partial charge in [0.15, 0.2) is 0 Å². The maximum Gasteiger partial charge on any atom is 0.243 e. The van der Waals surface area contributed by atoms with Crippen molar-refractivity contribution in [1.82, 2.24) is 9.21 Å². The van der Waals surface area contributed by atoms with Crippen LogP contribution in [0.3, 0.4) is 0 Å². The van der Waals surface area contributed by atoms with Gasteiger partial charge in [0.25, 0.3) is 0 Å². The van der Waals surface area contributed by atoms with Gasteiger partial charge in [-0.25, -0.2) is 8.42 Å². The number of halogens is 1. The van der Waals surface area contributed by atoms with E-state index in [-0.39, 0.29) is 30.3 Å². The van der Waals surface area contributed by atoms with E-state index in [1.807, 2.05) is 36.4 Å². The molecule has 1 heterocycles. The summed E-state index contributed by atoms with van der Waals surface area (Å²) in [5.41, 5.74) is 0. The molecule has 0 atom stereocenters. The molecule has 8 heteroatoms. The molecule has 0 N–H and O–H groups in total. The second-order valence-corrected chi connectivity index (χ2v) is 8.21. The molecule has 0 bridgehead atoms. The Kier molecular flexibility index (Phi) is 8.02. The minimum Gasteiger partial charge on any atom is -0.379 e. The van der Waals surface area contributed by atoms with Gasteiger partial charge in [0.1, 0.15) is 0 Å². The summed E-state index contributed by atoms with van der Waals surface area (Å²) in [5, 5.41) is 10.8. The van der Waals surface area contributed by atoms with Crippen LogP contribution in [0.5, 0.6) is 0 Å². The average molecular weight is 410 g/mol. The summed E-state index contributed by atoms with van der Waals surface area (Å²) in [4.78, 5) is 2.47. The fourth-order valence-corrected chi connectivity index (χ4v) is 4.55. The van der Waals surface area contributed by atoms with Gasteiger partial charge < -0.3 is 4.74 Å². The number of hydrogen-bond donors (Lipinski definition) is 0. The van der Waals surface area contributed by atoms with Gasteiger partial charge in [0.2, 0.25) is 10.0 Å². The largest absolute Gasteiger partial charge is 0.379 e. The van der Waals surface area contributed by atoms with E-state index >= 15 is 0 Å². The third kappa shape index (κ3) is 5.41. The third-order valence-electron chi connectivity index (χ3n) is 4.60. The number of fused-ring (bicyclic) bond motifs is 1. The summed E-state index contributed by atoms with van der Waals surface area (Å²) in [6.45, 7) is 4.18. The number of benzene rings is 2. The molecule has 0 aromatic heterocycles. The first kappa shape index (κ1) is 21.6. The normalized spacial score (nSPS) is 15.4. The quantitative estimate of drug-likeness (QED) is 0.702. The molecule has 0 radical (unpaired) electrons. The van der Waals surface area contributed by atoms with Gasteiger partial charge in [-0.2, -0.15) is 9.57 Å². The number of sulfonamides is 1. The second-order valence-electron chi connectivity index (χ2n) is 6.28. The van der Waals surface area contributed by atoms with Crippen LogP contribution in [0, 0.1) is 11.3 Å². The molecule has 0 saturated carbocycles. The van der Waals surface area contributed by atoms with E-state index < -0.39 is 10.0 Å². The fourth-order valence-electron chi connectivity index (χ4n) is 3.08. The van der Waals surface area contributed by atoms with Crippen molar-refractivity contribution in [3.8, 4) is 6.07 Å². The first-order valence-corrected chi connectivity index (χ1v) is 10.2. The van der Waals surface area contributed by atoms with Crippen LogP contribution in [-0.2, 0) is 14.8 Å². The standard InChI is InChI=1S/C19H23N3O3S.ClH/c20-8-3-9-22(11-10-21-12-14-25-15-13-21)26(23,24)19-7-6-17-4-1-2-5-18(17)16-19;/h1-2,4-7,16H,3,9-15H2;1H. The van der Waals surface area contributed by atoms with E-state index in [0.29, 0.717) is 26.3 Å². The number of nitrogens with zero attached hydrogens (tertiary/aromatic N) is 3. The topological polar surface area (TPSA) is 73.6 Å². The Morgan fingerprint density at radius 2 is 1.78 bits per heavy atom. The molecule has 0 amide bonds. The molecule has 2 aromatic rings. The molecule has 0 spiro atoms. The van der Waals surface area contributed by atoms with Crippen LogP contribution in [0.25, 0.3) is 10.8 Å². The van der Waals surface area contributed by atoms with Crippen molar-refractivity contribution >= 4 is 33.2 Å². The van der Waals surface area contributed by atoms with Crippen molar-refractivity contribution in [2.24, 2.45) is 0 Å². The Labute approximate surface area is 166 Å². The Hall–Kier alpha value is -1.69. The van der Waals surface area contributed by atoms with Crippen molar-refractivity contribution < 1.29 is 13.2 Å². The van der Waals surface area contributed by atoms with E-state index in [1.54, 1.807) is 12.1 Å². The lowest BCUT2D eigenvalue weighted by atomic mass is 10.1.